The Morgan fingerprint density at radius 3 is 1.74 bits per heavy atom. The van der Waals surface area contributed by atoms with E-state index in [1.54, 1.807) is 0 Å². The molecule has 2 unspecified atom stereocenters. The Morgan fingerprint density at radius 2 is 1.04 bits per heavy atom. The molecule has 2 heterocycles. The number of anilines is 2. The van der Waals surface area contributed by atoms with Crippen molar-refractivity contribution >= 4 is 33.2 Å². The molecule has 1 aromatic heterocycles. The maximum absolute atomic E-state index is 2.65. The number of hydrogen-bond acceptors (Lipinski definition) is 1. The zero-order valence-corrected chi connectivity index (χ0v) is 26.6. The van der Waals surface area contributed by atoms with Crippen molar-refractivity contribution in [3.05, 3.63) is 151 Å². The number of hydrogen-bond donors (Lipinski definition) is 0. The van der Waals surface area contributed by atoms with Gasteiger partial charge < -0.3 is 9.47 Å². The first-order chi connectivity index (χ1) is 22.5. The van der Waals surface area contributed by atoms with Crippen molar-refractivity contribution in [3.8, 4) is 27.9 Å². The lowest BCUT2D eigenvalue weighted by Crippen LogP contribution is -2.54. The molecule has 0 spiro atoms. The Kier molecular flexibility index (Phi) is 6.05. The van der Waals surface area contributed by atoms with Gasteiger partial charge in [-0.05, 0) is 90.0 Å². The van der Waals surface area contributed by atoms with Crippen molar-refractivity contribution in [2.75, 3.05) is 4.90 Å². The number of aromatic nitrogens is 1. The van der Waals surface area contributed by atoms with E-state index in [0.717, 1.165) is 0 Å². The summed E-state index contributed by atoms with van der Waals surface area (Å²) in [7, 11) is 0. The quantitative estimate of drug-likeness (QED) is 0.197. The second-order valence-electron chi connectivity index (χ2n) is 13.7. The summed E-state index contributed by atoms with van der Waals surface area (Å²) in [5, 5.41) is 2.57. The maximum atomic E-state index is 2.65. The average molecular weight is 595 g/mol. The number of benzene rings is 6. The van der Waals surface area contributed by atoms with E-state index < -0.39 is 0 Å². The van der Waals surface area contributed by atoms with Crippen LogP contribution in [0.2, 0.25) is 0 Å². The second kappa shape index (κ2) is 10.2. The predicted octanol–water partition coefficient (Wildman–Crippen LogP) is 11.9. The molecule has 224 valence electrons. The van der Waals surface area contributed by atoms with Crippen LogP contribution in [0.15, 0.2) is 146 Å². The highest BCUT2D eigenvalue weighted by molar-refractivity contribution is 6.09. The van der Waals surface area contributed by atoms with Gasteiger partial charge in [0.2, 0.25) is 0 Å². The molecule has 46 heavy (non-hydrogen) atoms. The van der Waals surface area contributed by atoms with E-state index in [1.807, 2.05) is 0 Å². The number of para-hydroxylation sites is 3. The molecule has 7 aromatic rings. The molecule has 1 aliphatic heterocycles. The molecule has 2 heteroatoms. The van der Waals surface area contributed by atoms with Crippen LogP contribution in [0.4, 0.5) is 11.4 Å². The highest BCUT2D eigenvalue weighted by atomic mass is 15.3. The lowest BCUT2D eigenvalue weighted by Gasteiger charge is -2.50. The summed E-state index contributed by atoms with van der Waals surface area (Å²) in [4.78, 5) is 2.65. The third-order valence-corrected chi connectivity index (χ3v) is 11.4. The second-order valence-corrected chi connectivity index (χ2v) is 13.7. The minimum Gasteiger partial charge on any atom is -0.334 e. The number of rotatable bonds is 4. The summed E-state index contributed by atoms with van der Waals surface area (Å²) in [5.41, 5.74) is 13.0. The first-order valence-electron chi connectivity index (χ1n) is 16.7. The van der Waals surface area contributed by atoms with Gasteiger partial charge in [-0.25, -0.2) is 0 Å². The Bertz CT molecular complexity index is 2190. The van der Waals surface area contributed by atoms with Crippen LogP contribution in [0.3, 0.4) is 0 Å². The molecule has 2 atom stereocenters. The lowest BCUT2D eigenvalue weighted by molar-refractivity contribution is 0.195. The smallest absolute Gasteiger partial charge is 0.0541 e. The van der Waals surface area contributed by atoms with Gasteiger partial charge in [0.05, 0.1) is 16.6 Å². The Balaban J connectivity index is 1.03. The SMILES string of the molecule is CC12CCCCC1(C)N(c1ccc(-c3ccc(-c4cccc(-n5c6ccccc6c6ccccc65)c4)cc3)cc1)c1ccccc12. The molecule has 0 radical (unpaired) electrons. The van der Waals surface area contributed by atoms with Crippen molar-refractivity contribution in [2.24, 2.45) is 0 Å². The summed E-state index contributed by atoms with van der Waals surface area (Å²) in [6, 6.07) is 53.8. The molecule has 0 saturated heterocycles. The fourth-order valence-corrected chi connectivity index (χ4v) is 8.78. The van der Waals surface area contributed by atoms with Crippen LogP contribution in [0.1, 0.15) is 45.1 Å². The first kappa shape index (κ1) is 27.2. The van der Waals surface area contributed by atoms with Gasteiger partial charge in [-0.15, -0.1) is 0 Å². The normalized spacial score (nSPS) is 20.6. The van der Waals surface area contributed by atoms with E-state index >= 15 is 0 Å². The molecule has 0 amide bonds. The molecule has 2 aliphatic rings. The first-order valence-corrected chi connectivity index (χ1v) is 16.7. The molecule has 2 nitrogen and oxygen atoms in total. The third kappa shape index (κ3) is 3.89. The van der Waals surface area contributed by atoms with E-state index in [9.17, 15) is 0 Å². The van der Waals surface area contributed by atoms with Crippen molar-refractivity contribution in [3.63, 3.8) is 0 Å². The van der Waals surface area contributed by atoms with Gasteiger partial charge in [0.1, 0.15) is 0 Å². The van der Waals surface area contributed by atoms with Crippen LogP contribution in [0.5, 0.6) is 0 Å². The van der Waals surface area contributed by atoms with Crippen molar-refractivity contribution < 1.29 is 0 Å². The topological polar surface area (TPSA) is 8.17 Å². The van der Waals surface area contributed by atoms with E-state index in [4.69, 9.17) is 0 Å². The van der Waals surface area contributed by atoms with Gasteiger partial charge >= 0.3 is 0 Å². The van der Waals surface area contributed by atoms with E-state index in [0.29, 0.717) is 0 Å². The lowest BCUT2D eigenvalue weighted by atomic mass is 9.61. The van der Waals surface area contributed by atoms with Gasteiger partial charge in [0.25, 0.3) is 0 Å². The summed E-state index contributed by atoms with van der Waals surface area (Å²) in [5.74, 6) is 0. The highest BCUT2D eigenvalue weighted by Crippen LogP contribution is 2.60. The third-order valence-electron chi connectivity index (χ3n) is 11.4. The van der Waals surface area contributed by atoms with Crippen LogP contribution >= 0.6 is 0 Å². The van der Waals surface area contributed by atoms with Crippen LogP contribution in [0, 0.1) is 0 Å². The number of nitrogens with zero attached hydrogens (tertiary/aromatic N) is 2. The van der Waals surface area contributed by atoms with Gasteiger partial charge in [-0.3, -0.25) is 0 Å². The zero-order chi connectivity index (χ0) is 30.9. The Labute approximate surface area is 271 Å². The fourth-order valence-electron chi connectivity index (χ4n) is 8.78. The van der Waals surface area contributed by atoms with Crippen LogP contribution in [0.25, 0.3) is 49.7 Å². The van der Waals surface area contributed by atoms with E-state index in [1.165, 1.54) is 92.4 Å². The van der Waals surface area contributed by atoms with Gasteiger partial charge in [-0.2, -0.15) is 0 Å². The zero-order valence-electron chi connectivity index (χ0n) is 26.6. The van der Waals surface area contributed by atoms with Gasteiger partial charge in [0.15, 0.2) is 0 Å². The predicted molar refractivity (Wildman–Crippen MR) is 194 cm³/mol. The molecule has 1 fully saturated rings. The molecule has 6 aromatic carbocycles. The fraction of sp³-hybridized carbons (Fsp3) is 0.182. The number of fused-ring (bicyclic) bond motifs is 6. The Morgan fingerprint density at radius 1 is 0.478 bits per heavy atom. The summed E-state index contributed by atoms with van der Waals surface area (Å²) in [6.07, 6.45) is 5.08. The molecule has 1 saturated carbocycles. The van der Waals surface area contributed by atoms with E-state index in [2.05, 4.69) is 169 Å². The summed E-state index contributed by atoms with van der Waals surface area (Å²) < 4.78 is 2.39. The average Bonchev–Trinajstić information content (AvgIpc) is 3.55. The monoisotopic (exact) mass is 594 g/mol. The van der Waals surface area contributed by atoms with Crippen molar-refractivity contribution in [1.82, 2.24) is 4.57 Å². The van der Waals surface area contributed by atoms with Crippen LogP contribution in [-0.4, -0.2) is 10.1 Å². The standard InChI is InChI=1S/C44H38N2/c1-43-28-9-10-29-44(43,2)46(42-19-8-5-16-39(42)43)35-26-24-32(25-27-35)31-20-22-33(23-21-31)34-12-11-13-36(30-34)45-40-17-6-3-14-37(40)38-15-4-7-18-41(38)45/h3-8,11-27,30H,9-10,28-29H2,1-2H3. The van der Waals surface area contributed by atoms with E-state index in [-0.39, 0.29) is 11.0 Å². The van der Waals surface area contributed by atoms with Gasteiger partial charge in [-0.1, -0.05) is 123 Å². The molecule has 0 bridgehead atoms. The molecular weight excluding hydrogens is 556 g/mol. The minimum absolute atomic E-state index is 0.0892. The van der Waals surface area contributed by atoms with Crippen molar-refractivity contribution in [2.45, 2.75) is 50.5 Å². The van der Waals surface area contributed by atoms with Gasteiger partial charge in [0, 0.05) is 33.2 Å². The summed E-state index contributed by atoms with van der Waals surface area (Å²) >= 11 is 0. The van der Waals surface area contributed by atoms with Crippen molar-refractivity contribution in [1.29, 1.82) is 0 Å². The van der Waals surface area contributed by atoms with Crippen LogP contribution in [-0.2, 0) is 5.41 Å². The molecule has 1 aliphatic carbocycles. The largest absolute Gasteiger partial charge is 0.334 e. The maximum Gasteiger partial charge on any atom is 0.0541 e. The molecule has 9 rings (SSSR count). The Hall–Kier alpha value is -5.08. The summed E-state index contributed by atoms with van der Waals surface area (Å²) in [6.45, 7) is 4.99. The molecular formula is C44H38N2. The minimum atomic E-state index is 0.0892. The van der Waals surface area contributed by atoms with Crippen LogP contribution < -0.4 is 4.90 Å². The highest BCUT2D eigenvalue weighted by Gasteiger charge is 2.57. The molecule has 0 N–H and O–H groups in total.